The van der Waals surface area contributed by atoms with Gasteiger partial charge in [-0.05, 0) is 38.3 Å². The van der Waals surface area contributed by atoms with Crippen LogP contribution in [0, 0.1) is 0 Å². The van der Waals surface area contributed by atoms with Crippen LogP contribution in [0.4, 0.5) is 0 Å². The highest BCUT2D eigenvalue weighted by atomic mass is 32.2. The lowest BCUT2D eigenvalue weighted by molar-refractivity contribution is -0.139. The Bertz CT molecular complexity index is 445. The molecule has 7 heteroatoms. The molecule has 0 aliphatic heterocycles. The highest BCUT2D eigenvalue weighted by Crippen LogP contribution is 2.06. The summed E-state index contributed by atoms with van der Waals surface area (Å²) in [6.45, 7) is 3.90. The van der Waals surface area contributed by atoms with E-state index in [9.17, 15) is 9.59 Å². The van der Waals surface area contributed by atoms with E-state index in [1.54, 1.807) is 28.7 Å². The monoisotopic (exact) mass is 285 g/mol. The van der Waals surface area contributed by atoms with Crippen LogP contribution in [-0.2, 0) is 4.79 Å². The SMILES string of the molecule is CSCC[C@H](NC(=O)c1ccn(C(C)C)n1)C(=O)O. The summed E-state index contributed by atoms with van der Waals surface area (Å²) in [5.41, 5.74) is 0.240. The van der Waals surface area contributed by atoms with Crippen molar-refractivity contribution in [2.75, 3.05) is 12.0 Å². The fourth-order valence-electron chi connectivity index (χ4n) is 1.47. The fourth-order valence-corrected chi connectivity index (χ4v) is 1.94. The molecule has 1 atom stereocenters. The number of aromatic nitrogens is 2. The van der Waals surface area contributed by atoms with Gasteiger partial charge >= 0.3 is 5.97 Å². The van der Waals surface area contributed by atoms with Crippen LogP contribution in [0.25, 0.3) is 0 Å². The Morgan fingerprint density at radius 1 is 1.53 bits per heavy atom. The van der Waals surface area contributed by atoms with Crippen LogP contribution in [0.3, 0.4) is 0 Å². The number of carbonyl (C=O) groups is 2. The number of aliphatic carboxylic acids is 1. The first-order chi connectivity index (χ1) is 8.95. The molecule has 0 spiro atoms. The van der Waals surface area contributed by atoms with Gasteiger partial charge < -0.3 is 10.4 Å². The van der Waals surface area contributed by atoms with E-state index in [-0.39, 0.29) is 11.7 Å². The van der Waals surface area contributed by atoms with Crippen LogP contribution < -0.4 is 5.32 Å². The number of hydrogen-bond acceptors (Lipinski definition) is 4. The van der Waals surface area contributed by atoms with E-state index in [0.29, 0.717) is 12.2 Å². The van der Waals surface area contributed by atoms with Crippen molar-refractivity contribution in [2.45, 2.75) is 32.4 Å². The van der Waals surface area contributed by atoms with Crippen molar-refractivity contribution >= 4 is 23.6 Å². The minimum atomic E-state index is -1.02. The maximum absolute atomic E-state index is 11.9. The number of carbonyl (C=O) groups excluding carboxylic acids is 1. The summed E-state index contributed by atoms with van der Waals surface area (Å²) >= 11 is 1.54. The van der Waals surface area contributed by atoms with E-state index in [4.69, 9.17) is 5.11 Å². The van der Waals surface area contributed by atoms with Crippen LogP contribution in [-0.4, -0.2) is 44.8 Å². The first-order valence-corrected chi connectivity index (χ1v) is 7.42. The number of amides is 1. The Balaban J connectivity index is 2.67. The number of nitrogens with zero attached hydrogens (tertiary/aromatic N) is 2. The lowest BCUT2D eigenvalue weighted by atomic mass is 10.2. The van der Waals surface area contributed by atoms with E-state index < -0.39 is 17.9 Å². The summed E-state index contributed by atoms with van der Waals surface area (Å²) < 4.78 is 1.66. The van der Waals surface area contributed by atoms with Crippen LogP contribution in [0.1, 0.15) is 36.8 Å². The molecule has 1 aromatic heterocycles. The first-order valence-electron chi connectivity index (χ1n) is 6.03. The molecule has 0 aliphatic carbocycles. The minimum absolute atomic E-state index is 0.160. The van der Waals surface area contributed by atoms with Crippen molar-refractivity contribution in [3.05, 3.63) is 18.0 Å². The topological polar surface area (TPSA) is 84.2 Å². The molecule has 1 heterocycles. The van der Waals surface area contributed by atoms with Gasteiger partial charge in [0.25, 0.3) is 5.91 Å². The zero-order valence-electron chi connectivity index (χ0n) is 11.3. The summed E-state index contributed by atoms with van der Waals surface area (Å²) in [6.07, 6.45) is 4.00. The largest absolute Gasteiger partial charge is 0.480 e. The zero-order chi connectivity index (χ0) is 14.4. The van der Waals surface area contributed by atoms with Crippen LogP contribution in [0.15, 0.2) is 12.3 Å². The van der Waals surface area contributed by atoms with Crippen LogP contribution in [0.5, 0.6) is 0 Å². The Morgan fingerprint density at radius 3 is 2.68 bits per heavy atom. The molecular formula is C12H19N3O3S. The van der Waals surface area contributed by atoms with E-state index in [1.807, 2.05) is 20.1 Å². The average molecular weight is 285 g/mol. The lowest BCUT2D eigenvalue weighted by Crippen LogP contribution is -2.41. The van der Waals surface area contributed by atoms with E-state index in [2.05, 4.69) is 10.4 Å². The summed E-state index contributed by atoms with van der Waals surface area (Å²) in [5, 5.41) is 15.6. The molecule has 0 unspecified atom stereocenters. The normalized spacial score (nSPS) is 12.4. The van der Waals surface area contributed by atoms with Crippen molar-refractivity contribution in [1.82, 2.24) is 15.1 Å². The summed E-state index contributed by atoms with van der Waals surface area (Å²) in [5.74, 6) is -0.795. The second kappa shape index (κ2) is 7.18. The molecule has 0 fully saturated rings. The van der Waals surface area contributed by atoms with Crippen molar-refractivity contribution < 1.29 is 14.7 Å². The number of carboxylic acid groups (broad SMARTS) is 1. The highest BCUT2D eigenvalue weighted by molar-refractivity contribution is 7.98. The maximum atomic E-state index is 11.9. The highest BCUT2D eigenvalue weighted by Gasteiger charge is 2.21. The van der Waals surface area contributed by atoms with Crippen molar-refractivity contribution in [2.24, 2.45) is 0 Å². The second-order valence-electron chi connectivity index (χ2n) is 4.42. The molecule has 1 amide bonds. The van der Waals surface area contributed by atoms with Gasteiger partial charge in [0.1, 0.15) is 11.7 Å². The third-order valence-electron chi connectivity index (χ3n) is 2.58. The van der Waals surface area contributed by atoms with Gasteiger partial charge in [0.2, 0.25) is 0 Å². The molecule has 0 aliphatic rings. The van der Waals surface area contributed by atoms with E-state index in [1.165, 1.54) is 0 Å². The number of rotatable bonds is 7. The Kier molecular flexibility index (Phi) is 5.88. The molecule has 1 rings (SSSR count). The van der Waals surface area contributed by atoms with Gasteiger partial charge in [-0.3, -0.25) is 9.48 Å². The van der Waals surface area contributed by atoms with Gasteiger partial charge in [0.05, 0.1) is 0 Å². The van der Waals surface area contributed by atoms with Gasteiger partial charge in [-0.2, -0.15) is 16.9 Å². The predicted molar refractivity (Wildman–Crippen MR) is 74.5 cm³/mol. The van der Waals surface area contributed by atoms with Gasteiger partial charge in [-0.25, -0.2) is 4.79 Å². The molecular weight excluding hydrogens is 266 g/mol. The number of thioether (sulfide) groups is 1. The second-order valence-corrected chi connectivity index (χ2v) is 5.41. The van der Waals surface area contributed by atoms with Gasteiger partial charge in [0, 0.05) is 12.2 Å². The smallest absolute Gasteiger partial charge is 0.326 e. The Hall–Kier alpha value is -1.50. The Labute approximate surface area is 116 Å². The van der Waals surface area contributed by atoms with Crippen molar-refractivity contribution in [1.29, 1.82) is 0 Å². The molecule has 0 saturated heterocycles. The van der Waals surface area contributed by atoms with E-state index in [0.717, 1.165) is 0 Å². The van der Waals surface area contributed by atoms with E-state index >= 15 is 0 Å². The molecule has 106 valence electrons. The third-order valence-corrected chi connectivity index (χ3v) is 3.23. The van der Waals surface area contributed by atoms with Crippen molar-refractivity contribution in [3.63, 3.8) is 0 Å². The maximum Gasteiger partial charge on any atom is 0.326 e. The predicted octanol–water partition coefficient (Wildman–Crippen LogP) is 1.40. The lowest BCUT2D eigenvalue weighted by Gasteiger charge is -2.12. The number of carboxylic acids is 1. The molecule has 0 bridgehead atoms. The summed E-state index contributed by atoms with van der Waals surface area (Å²) in [4.78, 5) is 22.9. The number of nitrogens with one attached hydrogen (secondary N) is 1. The molecule has 0 aromatic carbocycles. The standard InChI is InChI=1S/C12H19N3O3S/c1-8(2)15-6-4-9(14-15)11(16)13-10(12(17)18)5-7-19-3/h4,6,8,10H,5,7H2,1-3H3,(H,13,16)(H,17,18)/t10-/m0/s1. The molecule has 6 nitrogen and oxygen atoms in total. The minimum Gasteiger partial charge on any atom is -0.480 e. The molecule has 0 saturated carbocycles. The van der Waals surface area contributed by atoms with Crippen LogP contribution in [0.2, 0.25) is 0 Å². The Morgan fingerprint density at radius 2 is 2.21 bits per heavy atom. The molecule has 2 N–H and O–H groups in total. The molecule has 0 radical (unpaired) electrons. The summed E-state index contributed by atoms with van der Waals surface area (Å²) in [6, 6.07) is 0.875. The van der Waals surface area contributed by atoms with Crippen molar-refractivity contribution in [3.8, 4) is 0 Å². The average Bonchev–Trinajstić information content (AvgIpc) is 2.83. The first kappa shape index (κ1) is 15.6. The zero-order valence-corrected chi connectivity index (χ0v) is 12.1. The molecule has 19 heavy (non-hydrogen) atoms. The van der Waals surface area contributed by atoms with Gasteiger partial charge in [-0.15, -0.1) is 0 Å². The molecule has 1 aromatic rings. The number of hydrogen-bond donors (Lipinski definition) is 2. The van der Waals surface area contributed by atoms with Crippen LogP contribution >= 0.6 is 11.8 Å². The van der Waals surface area contributed by atoms with Gasteiger partial charge in [-0.1, -0.05) is 0 Å². The summed E-state index contributed by atoms with van der Waals surface area (Å²) in [7, 11) is 0. The van der Waals surface area contributed by atoms with Gasteiger partial charge in [0.15, 0.2) is 0 Å². The fraction of sp³-hybridized carbons (Fsp3) is 0.583. The quantitative estimate of drug-likeness (QED) is 0.791. The third kappa shape index (κ3) is 4.59.